The number of nitrogens with one attached hydrogen (secondary N) is 2. The van der Waals surface area contributed by atoms with Crippen LogP contribution in [-0.2, 0) is 11.2 Å². The van der Waals surface area contributed by atoms with E-state index in [0.29, 0.717) is 27.3 Å². The lowest BCUT2D eigenvalue weighted by Gasteiger charge is -2.17. The molecule has 0 spiro atoms. The molecule has 37 heavy (non-hydrogen) atoms. The van der Waals surface area contributed by atoms with Crippen LogP contribution in [0.4, 0.5) is 5.69 Å². The van der Waals surface area contributed by atoms with E-state index in [0.717, 1.165) is 49.8 Å². The molecule has 2 bridgehead atoms. The summed E-state index contributed by atoms with van der Waals surface area (Å²) in [6, 6.07) is 13.0. The lowest BCUT2D eigenvalue weighted by Crippen LogP contribution is -2.30. The maximum absolute atomic E-state index is 13.0. The minimum Gasteiger partial charge on any atom is -0.343 e. The van der Waals surface area contributed by atoms with Gasteiger partial charge < -0.3 is 16.1 Å². The Morgan fingerprint density at radius 3 is 2.76 bits per heavy atom. The maximum Gasteiger partial charge on any atom is 0.244 e. The van der Waals surface area contributed by atoms with Gasteiger partial charge >= 0.3 is 0 Å². The van der Waals surface area contributed by atoms with Crippen LogP contribution >= 0.6 is 23.2 Å². The topological polar surface area (TPSA) is 125 Å². The molecule has 1 atom stereocenters. The Morgan fingerprint density at radius 2 is 1.92 bits per heavy atom. The number of fused-ring (bicyclic) bond motifs is 4. The van der Waals surface area contributed by atoms with Gasteiger partial charge in [-0.15, -0.1) is 0 Å². The third kappa shape index (κ3) is 6.91. The minimum atomic E-state index is -0.314. The maximum atomic E-state index is 13.0. The number of aromatic amines is 1. The molecule has 8 nitrogen and oxygen atoms in total. The molecule has 6 N–H and O–H groups in total. The van der Waals surface area contributed by atoms with Crippen molar-refractivity contribution in [1.29, 1.82) is 0 Å². The van der Waals surface area contributed by atoms with Crippen molar-refractivity contribution >= 4 is 47.2 Å². The summed E-state index contributed by atoms with van der Waals surface area (Å²) in [6.45, 7) is 0. The van der Waals surface area contributed by atoms with E-state index in [9.17, 15) is 4.79 Å². The predicted molar refractivity (Wildman–Crippen MR) is 151 cm³/mol. The fraction of sp³-hybridized carbons (Fsp3) is 0.296. The predicted octanol–water partition coefficient (Wildman–Crippen LogP) is 5.73. The number of rotatable bonds is 5. The zero-order valence-corrected chi connectivity index (χ0v) is 22.0. The van der Waals surface area contributed by atoms with Crippen molar-refractivity contribution in [2.45, 2.75) is 51.0 Å². The first-order chi connectivity index (χ1) is 18.0. The first-order valence-corrected chi connectivity index (χ1v) is 13.1. The van der Waals surface area contributed by atoms with Crippen LogP contribution in [0.5, 0.6) is 0 Å². The number of anilines is 1. The van der Waals surface area contributed by atoms with Crippen molar-refractivity contribution in [2.24, 2.45) is 16.8 Å². The number of carbonyl (C=O) groups is 1. The van der Waals surface area contributed by atoms with Gasteiger partial charge in [0.2, 0.25) is 5.91 Å². The van der Waals surface area contributed by atoms with Crippen LogP contribution in [0.3, 0.4) is 0 Å². The quantitative estimate of drug-likeness (QED) is 0.108. The number of hydrazone groups is 1. The lowest BCUT2D eigenvalue weighted by atomic mass is 9.99. The summed E-state index contributed by atoms with van der Waals surface area (Å²) in [6.07, 6.45) is 11.6. The van der Waals surface area contributed by atoms with E-state index < -0.39 is 0 Å². The second-order valence-electron chi connectivity index (χ2n) is 9.02. The van der Waals surface area contributed by atoms with Crippen LogP contribution in [0.2, 0.25) is 10.2 Å². The summed E-state index contributed by atoms with van der Waals surface area (Å²) in [4.78, 5) is 21.1. The summed E-state index contributed by atoms with van der Waals surface area (Å²) < 4.78 is 0. The summed E-state index contributed by atoms with van der Waals surface area (Å²) in [5, 5.41) is 8.77. The molecule has 1 aliphatic heterocycles. The Bertz CT molecular complexity index is 1290. The second-order valence-corrected chi connectivity index (χ2v) is 9.83. The highest BCUT2D eigenvalue weighted by atomic mass is 35.5. The lowest BCUT2D eigenvalue weighted by molar-refractivity contribution is -0.117. The monoisotopic (exact) mass is 539 g/mol. The number of carbonyl (C=O) groups excluding carboxylic acids is 1. The standard InChI is InChI=1S/C27H31Cl2N7O/c28-20-13-14-23(36(31)17-32-30)19(16-20)12-15-24(37)33-22-11-5-3-1-2-4-8-18-9-6-7-10-21(18)25-26(29)35-27(22)34-25/h6-7,9-10,12-17,22H,1-5,8,11,30-31H2,(H,33,37)(H,34,35)/b15-12+,32-17-. The van der Waals surface area contributed by atoms with E-state index in [1.165, 1.54) is 29.4 Å². The van der Waals surface area contributed by atoms with Gasteiger partial charge in [-0.3, -0.25) is 9.80 Å². The first-order valence-electron chi connectivity index (χ1n) is 12.4. The van der Waals surface area contributed by atoms with Gasteiger partial charge in [-0.05, 0) is 49.1 Å². The zero-order chi connectivity index (χ0) is 26.2. The number of hydrogen-bond acceptors (Lipinski definition) is 5. The van der Waals surface area contributed by atoms with Crippen LogP contribution in [0.15, 0.2) is 53.6 Å². The molecule has 2 heterocycles. The fourth-order valence-corrected chi connectivity index (χ4v) is 4.99. The summed E-state index contributed by atoms with van der Waals surface area (Å²) in [7, 11) is 0. The number of nitrogens with two attached hydrogens (primary N) is 2. The average molecular weight is 540 g/mol. The van der Waals surface area contributed by atoms with E-state index >= 15 is 0 Å². The number of aromatic nitrogens is 2. The van der Waals surface area contributed by atoms with Gasteiger partial charge in [-0.2, -0.15) is 5.10 Å². The largest absolute Gasteiger partial charge is 0.343 e. The van der Waals surface area contributed by atoms with Crippen molar-refractivity contribution < 1.29 is 4.79 Å². The highest BCUT2D eigenvalue weighted by molar-refractivity contribution is 6.32. The molecule has 3 aromatic rings. The number of benzene rings is 2. The van der Waals surface area contributed by atoms with Gasteiger partial charge in [0, 0.05) is 22.2 Å². The third-order valence-electron chi connectivity index (χ3n) is 6.41. The Kier molecular flexibility index (Phi) is 9.22. The van der Waals surface area contributed by atoms with E-state index in [4.69, 9.17) is 39.9 Å². The smallest absolute Gasteiger partial charge is 0.244 e. The zero-order valence-electron chi connectivity index (χ0n) is 20.5. The summed E-state index contributed by atoms with van der Waals surface area (Å²) in [5.74, 6) is 11.6. The van der Waals surface area contributed by atoms with Crippen LogP contribution < -0.4 is 22.0 Å². The highest BCUT2D eigenvalue weighted by Crippen LogP contribution is 2.32. The van der Waals surface area contributed by atoms with E-state index in [-0.39, 0.29) is 11.9 Å². The van der Waals surface area contributed by atoms with Crippen molar-refractivity contribution in [1.82, 2.24) is 15.3 Å². The molecular formula is C27H31Cl2N7O. The van der Waals surface area contributed by atoms with Crippen LogP contribution in [0.25, 0.3) is 17.3 Å². The first kappa shape index (κ1) is 26.7. The SMILES string of the molecule is N/N=C\N(N)c1ccc(Cl)cc1/C=C/C(=O)NC1CCCCCCCc2ccccc2-c2nc1[nH]c2Cl. The Morgan fingerprint density at radius 1 is 1.14 bits per heavy atom. The normalized spacial score (nSPS) is 16.6. The molecule has 1 aliphatic rings. The molecule has 0 saturated carbocycles. The molecular weight excluding hydrogens is 509 g/mol. The third-order valence-corrected chi connectivity index (χ3v) is 6.92. The number of imidazole rings is 1. The molecule has 1 amide bonds. The Labute approximate surface area is 226 Å². The molecule has 0 saturated heterocycles. The van der Waals surface area contributed by atoms with Crippen molar-refractivity contribution in [3.8, 4) is 11.3 Å². The molecule has 2 aromatic carbocycles. The van der Waals surface area contributed by atoms with Gasteiger partial charge in [0.1, 0.15) is 23.0 Å². The number of amides is 1. The molecule has 0 fully saturated rings. The molecule has 1 aromatic heterocycles. The van der Waals surface area contributed by atoms with Gasteiger partial charge in [0.15, 0.2) is 0 Å². The van der Waals surface area contributed by atoms with E-state index in [1.54, 1.807) is 24.3 Å². The van der Waals surface area contributed by atoms with Crippen LogP contribution in [-0.4, -0.2) is 22.2 Å². The van der Waals surface area contributed by atoms with Crippen molar-refractivity contribution in [2.75, 3.05) is 5.01 Å². The molecule has 4 rings (SSSR count). The molecule has 0 radical (unpaired) electrons. The molecule has 10 heteroatoms. The van der Waals surface area contributed by atoms with Crippen LogP contribution in [0.1, 0.15) is 61.5 Å². The van der Waals surface area contributed by atoms with E-state index in [1.807, 2.05) is 12.1 Å². The van der Waals surface area contributed by atoms with Crippen molar-refractivity contribution in [3.05, 3.63) is 75.7 Å². The number of aryl methyl sites for hydroxylation is 1. The van der Waals surface area contributed by atoms with Gasteiger partial charge in [0.25, 0.3) is 0 Å². The molecule has 1 unspecified atom stereocenters. The summed E-state index contributed by atoms with van der Waals surface area (Å²) in [5.41, 5.74) is 4.21. The number of nitrogens with zero attached hydrogens (tertiary/aromatic N) is 3. The molecule has 194 valence electrons. The Balaban J connectivity index is 1.58. The number of H-pyrrole nitrogens is 1. The Hall–Kier alpha value is -3.33. The fourth-order valence-electron chi connectivity index (χ4n) is 4.57. The van der Waals surface area contributed by atoms with Gasteiger partial charge in [-0.25, -0.2) is 10.8 Å². The van der Waals surface area contributed by atoms with Crippen molar-refractivity contribution in [3.63, 3.8) is 0 Å². The number of hydrogen-bond donors (Lipinski definition) is 4. The minimum absolute atomic E-state index is 0.272. The number of hydrazine groups is 1. The van der Waals surface area contributed by atoms with E-state index in [2.05, 4.69) is 27.5 Å². The van der Waals surface area contributed by atoms with Gasteiger partial charge in [-0.1, -0.05) is 73.2 Å². The second kappa shape index (κ2) is 12.8. The van der Waals surface area contributed by atoms with Crippen LogP contribution in [0, 0.1) is 0 Å². The average Bonchev–Trinajstić information content (AvgIpc) is 3.27. The molecule has 0 aliphatic carbocycles. The number of halogens is 2. The summed E-state index contributed by atoms with van der Waals surface area (Å²) >= 11 is 12.8. The van der Waals surface area contributed by atoms with Gasteiger partial charge in [0.05, 0.1) is 11.7 Å². The highest BCUT2D eigenvalue weighted by Gasteiger charge is 2.21.